The van der Waals surface area contributed by atoms with Crippen LogP contribution in [0.5, 0.6) is 0 Å². The average Bonchev–Trinajstić information content (AvgIpc) is 2.02. The Bertz CT molecular complexity index is 127. The molecule has 0 heterocycles. The van der Waals surface area contributed by atoms with E-state index in [0.29, 0.717) is 0 Å². The van der Waals surface area contributed by atoms with Crippen LogP contribution in [0.2, 0.25) is 0 Å². The van der Waals surface area contributed by atoms with Gasteiger partial charge in [0.05, 0.1) is 13.7 Å². The molecule has 0 radical (unpaired) electrons. The third kappa shape index (κ3) is 3.95. The van der Waals surface area contributed by atoms with Crippen molar-refractivity contribution in [3.63, 3.8) is 0 Å². The van der Waals surface area contributed by atoms with Gasteiger partial charge < -0.3 is 9.84 Å². The van der Waals surface area contributed by atoms with E-state index in [2.05, 4.69) is 10.1 Å². The molecule has 0 aliphatic heterocycles. The number of ether oxygens (including phenoxy) is 1. The van der Waals surface area contributed by atoms with Crippen LogP contribution in [0.15, 0.2) is 0 Å². The molecule has 0 aliphatic carbocycles. The molecule has 0 aliphatic rings. The Morgan fingerprint density at radius 3 is 2.55 bits per heavy atom. The largest absolute Gasteiger partial charge is 0.468 e. The maximum atomic E-state index is 10.8. The number of hydrogen-bond acceptors (Lipinski definition) is 4. The number of nitrogens with one attached hydrogen (secondary N) is 1. The van der Waals surface area contributed by atoms with Crippen LogP contribution in [0.1, 0.15) is 13.8 Å². The molecule has 0 spiro atoms. The fourth-order valence-electron chi connectivity index (χ4n) is 0.724. The number of carbonyl (C=O) groups is 1. The average molecular weight is 161 g/mol. The number of aliphatic hydroxyl groups is 1. The van der Waals surface area contributed by atoms with Crippen LogP contribution in [0.3, 0.4) is 0 Å². The second-order valence-corrected chi connectivity index (χ2v) is 2.50. The van der Waals surface area contributed by atoms with Gasteiger partial charge in [0.2, 0.25) is 0 Å². The van der Waals surface area contributed by atoms with Crippen LogP contribution >= 0.6 is 0 Å². The van der Waals surface area contributed by atoms with E-state index in [1.165, 1.54) is 7.11 Å². The highest BCUT2D eigenvalue weighted by atomic mass is 16.5. The van der Waals surface area contributed by atoms with E-state index in [1.807, 2.05) is 0 Å². The zero-order valence-electron chi connectivity index (χ0n) is 7.13. The van der Waals surface area contributed by atoms with Gasteiger partial charge in [-0.2, -0.15) is 0 Å². The molecule has 0 saturated carbocycles. The van der Waals surface area contributed by atoms with Crippen LogP contribution in [0, 0.1) is 0 Å². The first-order valence-electron chi connectivity index (χ1n) is 3.56. The number of esters is 1. The summed E-state index contributed by atoms with van der Waals surface area (Å²) in [5, 5.41) is 11.5. The Hall–Kier alpha value is -0.610. The summed E-state index contributed by atoms with van der Waals surface area (Å²) in [6, 6.07) is -0.439. The van der Waals surface area contributed by atoms with Gasteiger partial charge in [-0.1, -0.05) is 0 Å². The van der Waals surface area contributed by atoms with Crippen molar-refractivity contribution < 1.29 is 14.6 Å². The Balaban J connectivity index is 3.67. The quantitative estimate of drug-likeness (QED) is 0.547. The summed E-state index contributed by atoms with van der Waals surface area (Å²) < 4.78 is 4.47. The fourth-order valence-corrected chi connectivity index (χ4v) is 0.724. The minimum atomic E-state index is -0.359. The molecule has 66 valence electrons. The first-order chi connectivity index (χ1) is 5.11. The van der Waals surface area contributed by atoms with E-state index in [0.717, 1.165) is 0 Å². The van der Waals surface area contributed by atoms with Crippen molar-refractivity contribution in [3.05, 3.63) is 0 Å². The Morgan fingerprint density at radius 2 is 2.18 bits per heavy atom. The zero-order chi connectivity index (χ0) is 8.85. The second-order valence-electron chi connectivity index (χ2n) is 2.50. The molecular formula is C7H15NO3. The molecule has 2 N–H and O–H groups in total. The summed E-state index contributed by atoms with van der Waals surface area (Å²) in [6.45, 7) is 3.50. The van der Waals surface area contributed by atoms with Crippen molar-refractivity contribution in [1.82, 2.24) is 5.32 Å². The predicted octanol–water partition coefficient (Wildman–Crippen LogP) is -0.482. The molecule has 0 amide bonds. The highest BCUT2D eigenvalue weighted by Gasteiger charge is 2.14. The minimum Gasteiger partial charge on any atom is -0.468 e. The minimum absolute atomic E-state index is 0.0152. The van der Waals surface area contributed by atoms with Crippen molar-refractivity contribution in [3.8, 4) is 0 Å². The molecule has 4 heteroatoms. The monoisotopic (exact) mass is 161 g/mol. The Labute approximate surface area is 66.5 Å². The van der Waals surface area contributed by atoms with Gasteiger partial charge in [0, 0.05) is 6.04 Å². The molecule has 0 saturated heterocycles. The van der Waals surface area contributed by atoms with Crippen molar-refractivity contribution >= 4 is 5.97 Å². The van der Waals surface area contributed by atoms with Gasteiger partial charge in [0.15, 0.2) is 0 Å². The van der Waals surface area contributed by atoms with Crippen molar-refractivity contribution in [1.29, 1.82) is 0 Å². The lowest BCUT2D eigenvalue weighted by atomic mass is 10.3. The lowest BCUT2D eigenvalue weighted by molar-refractivity contribution is -0.142. The van der Waals surface area contributed by atoms with Crippen LogP contribution < -0.4 is 5.32 Å². The van der Waals surface area contributed by atoms with E-state index in [4.69, 9.17) is 5.11 Å². The first-order valence-corrected chi connectivity index (χ1v) is 3.56. The van der Waals surface area contributed by atoms with Crippen molar-refractivity contribution in [2.24, 2.45) is 0 Å². The summed E-state index contributed by atoms with van der Waals surface area (Å²) in [5.41, 5.74) is 0. The van der Waals surface area contributed by atoms with E-state index < -0.39 is 0 Å². The van der Waals surface area contributed by atoms with Gasteiger partial charge in [-0.3, -0.25) is 10.1 Å². The smallest absolute Gasteiger partial charge is 0.322 e. The number of hydrogen-bond donors (Lipinski definition) is 2. The molecule has 11 heavy (non-hydrogen) atoms. The van der Waals surface area contributed by atoms with Gasteiger partial charge in [0.25, 0.3) is 0 Å². The lowest BCUT2D eigenvalue weighted by Gasteiger charge is -2.15. The first kappa shape index (κ1) is 10.4. The topological polar surface area (TPSA) is 58.6 Å². The van der Waals surface area contributed by atoms with Crippen LogP contribution in [0.4, 0.5) is 0 Å². The van der Waals surface area contributed by atoms with Gasteiger partial charge in [0.1, 0.15) is 6.04 Å². The summed E-state index contributed by atoms with van der Waals surface area (Å²) in [4.78, 5) is 10.8. The molecule has 2 atom stereocenters. The number of aliphatic hydroxyl groups excluding tert-OH is 1. The molecule has 0 bridgehead atoms. The summed E-state index contributed by atoms with van der Waals surface area (Å²) in [6.07, 6.45) is 0. The van der Waals surface area contributed by atoms with Gasteiger partial charge in [-0.25, -0.2) is 0 Å². The lowest BCUT2D eigenvalue weighted by Crippen LogP contribution is -2.42. The maximum absolute atomic E-state index is 10.8. The fraction of sp³-hybridized carbons (Fsp3) is 0.857. The van der Waals surface area contributed by atoms with Gasteiger partial charge in [-0.05, 0) is 13.8 Å². The highest BCUT2D eigenvalue weighted by molar-refractivity contribution is 5.75. The van der Waals surface area contributed by atoms with Crippen LogP contribution in [-0.4, -0.2) is 36.9 Å². The SMILES string of the molecule is COC(=O)C(C)NC(C)CO. The standard InChI is InChI=1S/C7H15NO3/c1-5(4-9)8-6(2)7(10)11-3/h5-6,8-9H,4H2,1-3H3. The number of methoxy groups -OCH3 is 1. The highest BCUT2D eigenvalue weighted by Crippen LogP contribution is 1.88. The van der Waals surface area contributed by atoms with E-state index >= 15 is 0 Å². The summed E-state index contributed by atoms with van der Waals surface area (Å²) in [5.74, 6) is -0.315. The molecule has 4 nitrogen and oxygen atoms in total. The number of rotatable bonds is 4. The van der Waals surface area contributed by atoms with E-state index in [9.17, 15) is 4.79 Å². The predicted molar refractivity (Wildman–Crippen MR) is 41.2 cm³/mol. The van der Waals surface area contributed by atoms with Crippen LogP contribution in [-0.2, 0) is 9.53 Å². The number of carbonyl (C=O) groups excluding carboxylic acids is 1. The Morgan fingerprint density at radius 1 is 1.64 bits per heavy atom. The molecule has 0 rings (SSSR count). The zero-order valence-corrected chi connectivity index (χ0v) is 7.13. The van der Waals surface area contributed by atoms with E-state index in [1.54, 1.807) is 13.8 Å². The van der Waals surface area contributed by atoms with Gasteiger partial charge >= 0.3 is 5.97 Å². The summed E-state index contributed by atoms with van der Waals surface area (Å²) >= 11 is 0. The van der Waals surface area contributed by atoms with Crippen molar-refractivity contribution in [2.45, 2.75) is 25.9 Å². The summed E-state index contributed by atoms with van der Waals surface area (Å²) in [7, 11) is 1.34. The maximum Gasteiger partial charge on any atom is 0.322 e. The molecular weight excluding hydrogens is 146 g/mol. The van der Waals surface area contributed by atoms with E-state index in [-0.39, 0.29) is 24.7 Å². The molecule has 0 aromatic heterocycles. The normalized spacial score (nSPS) is 15.6. The Kier molecular flexibility index (Phi) is 4.81. The van der Waals surface area contributed by atoms with Gasteiger partial charge in [-0.15, -0.1) is 0 Å². The molecule has 0 fully saturated rings. The molecule has 0 aromatic rings. The van der Waals surface area contributed by atoms with Crippen molar-refractivity contribution in [2.75, 3.05) is 13.7 Å². The molecule has 2 unspecified atom stereocenters. The van der Waals surface area contributed by atoms with Crippen LogP contribution in [0.25, 0.3) is 0 Å². The molecule has 0 aromatic carbocycles. The third-order valence-electron chi connectivity index (χ3n) is 1.36. The third-order valence-corrected chi connectivity index (χ3v) is 1.36. The second kappa shape index (κ2) is 5.09.